The molecule has 0 radical (unpaired) electrons. The molecular weight excluding hydrogens is 291 g/mol. The Bertz CT molecular complexity index is 717. The number of aryl methyl sites for hydroxylation is 1. The van der Waals surface area contributed by atoms with Crippen molar-refractivity contribution in [1.29, 1.82) is 0 Å². The lowest BCUT2D eigenvalue weighted by atomic mass is 9.94. The largest absolute Gasteiger partial charge is 0.326 e. The maximum Gasteiger partial charge on any atom is 0.224 e. The maximum absolute atomic E-state index is 14.1. The van der Waals surface area contributed by atoms with Gasteiger partial charge < -0.3 is 11.1 Å². The van der Waals surface area contributed by atoms with Crippen molar-refractivity contribution in [2.75, 3.05) is 5.32 Å². The summed E-state index contributed by atoms with van der Waals surface area (Å²) in [7, 11) is 0. The van der Waals surface area contributed by atoms with Crippen molar-refractivity contribution in [3.05, 3.63) is 63.9 Å². The van der Waals surface area contributed by atoms with Gasteiger partial charge in [-0.2, -0.15) is 0 Å². The zero-order valence-corrected chi connectivity index (χ0v) is 12.0. The fourth-order valence-electron chi connectivity index (χ4n) is 2.54. The normalized spacial score (nSPS) is 15.3. The Morgan fingerprint density at radius 2 is 2.05 bits per heavy atom. The molecule has 3 N–H and O–H groups in total. The van der Waals surface area contributed by atoms with Crippen molar-refractivity contribution in [1.82, 2.24) is 0 Å². The molecule has 1 unspecified atom stereocenters. The van der Waals surface area contributed by atoms with Crippen LogP contribution in [0.15, 0.2) is 36.4 Å². The number of hydrogen-bond acceptors (Lipinski definition) is 2. The minimum atomic E-state index is -0.591. The number of halogens is 2. The van der Waals surface area contributed by atoms with Crippen molar-refractivity contribution in [3.8, 4) is 0 Å². The van der Waals surface area contributed by atoms with Gasteiger partial charge in [0.1, 0.15) is 5.82 Å². The molecule has 0 spiro atoms. The second-order valence-electron chi connectivity index (χ2n) is 5.09. The van der Waals surface area contributed by atoms with Gasteiger partial charge in [-0.05, 0) is 29.7 Å². The molecule has 1 aliphatic rings. The van der Waals surface area contributed by atoms with Crippen LogP contribution in [0.1, 0.15) is 29.2 Å². The number of nitrogens with one attached hydrogen (secondary N) is 1. The average molecular weight is 305 g/mol. The Balaban J connectivity index is 1.97. The van der Waals surface area contributed by atoms with Gasteiger partial charge in [-0.3, -0.25) is 4.79 Å². The van der Waals surface area contributed by atoms with E-state index in [0.717, 1.165) is 16.8 Å². The second kappa shape index (κ2) is 5.47. The van der Waals surface area contributed by atoms with Gasteiger partial charge in [-0.1, -0.05) is 35.9 Å². The first-order valence-electron chi connectivity index (χ1n) is 6.68. The van der Waals surface area contributed by atoms with Crippen molar-refractivity contribution in [3.63, 3.8) is 0 Å². The van der Waals surface area contributed by atoms with E-state index in [9.17, 15) is 9.18 Å². The van der Waals surface area contributed by atoms with Gasteiger partial charge in [0.2, 0.25) is 5.91 Å². The molecule has 1 amide bonds. The van der Waals surface area contributed by atoms with E-state index < -0.39 is 11.9 Å². The van der Waals surface area contributed by atoms with Crippen LogP contribution >= 0.6 is 11.6 Å². The fraction of sp³-hybridized carbons (Fsp3) is 0.188. The molecule has 3 rings (SSSR count). The van der Waals surface area contributed by atoms with E-state index in [0.29, 0.717) is 18.4 Å². The number of carbonyl (C=O) groups excluding carboxylic acids is 1. The van der Waals surface area contributed by atoms with Crippen LogP contribution in [0.3, 0.4) is 0 Å². The van der Waals surface area contributed by atoms with Crippen molar-refractivity contribution < 1.29 is 9.18 Å². The standard InChI is InChI=1S/C16H14ClFN2O/c17-12-3-1-2-11(15(12)18)16(19)10-4-6-13-9(8-10)5-7-14(21)20-13/h1-4,6,8,16H,5,7,19H2,(H,20,21). The molecule has 1 atom stereocenters. The molecule has 1 heterocycles. The van der Waals surface area contributed by atoms with Crippen molar-refractivity contribution in [2.45, 2.75) is 18.9 Å². The quantitative estimate of drug-likeness (QED) is 0.893. The SMILES string of the molecule is NC(c1ccc2c(c1)CCC(=O)N2)c1cccc(Cl)c1F. The van der Waals surface area contributed by atoms with Crippen LogP contribution in [0.2, 0.25) is 5.02 Å². The molecule has 1 aliphatic heterocycles. The van der Waals surface area contributed by atoms with Crippen LogP contribution in [0.25, 0.3) is 0 Å². The topological polar surface area (TPSA) is 55.1 Å². The Morgan fingerprint density at radius 3 is 2.86 bits per heavy atom. The van der Waals surface area contributed by atoms with E-state index in [1.807, 2.05) is 12.1 Å². The second-order valence-corrected chi connectivity index (χ2v) is 5.49. The van der Waals surface area contributed by atoms with Crippen molar-refractivity contribution in [2.24, 2.45) is 5.73 Å². The highest BCUT2D eigenvalue weighted by Crippen LogP contribution is 2.30. The molecule has 2 aromatic carbocycles. The van der Waals surface area contributed by atoms with Gasteiger partial charge in [0.05, 0.1) is 11.1 Å². The summed E-state index contributed by atoms with van der Waals surface area (Å²) in [6.45, 7) is 0. The highest BCUT2D eigenvalue weighted by molar-refractivity contribution is 6.30. The van der Waals surface area contributed by atoms with Crippen LogP contribution < -0.4 is 11.1 Å². The molecule has 0 saturated carbocycles. The monoisotopic (exact) mass is 304 g/mol. The van der Waals surface area contributed by atoms with E-state index in [4.69, 9.17) is 17.3 Å². The average Bonchev–Trinajstić information content (AvgIpc) is 2.49. The lowest BCUT2D eigenvalue weighted by Gasteiger charge is -2.20. The number of amides is 1. The summed E-state index contributed by atoms with van der Waals surface area (Å²) in [5.41, 5.74) is 9.14. The Kier molecular flexibility index (Phi) is 3.66. The third kappa shape index (κ3) is 2.64. The van der Waals surface area contributed by atoms with Crippen LogP contribution in [-0.2, 0) is 11.2 Å². The number of nitrogens with two attached hydrogens (primary N) is 1. The minimum absolute atomic E-state index is 0.0143. The number of carbonyl (C=O) groups is 1. The summed E-state index contributed by atoms with van der Waals surface area (Å²) >= 11 is 5.80. The molecule has 5 heteroatoms. The maximum atomic E-state index is 14.1. The van der Waals surface area contributed by atoms with Gasteiger partial charge in [-0.25, -0.2) is 4.39 Å². The van der Waals surface area contributed by atoms with E-state index in [1.165, 1.54) is 6.07 Å². The molecule has 21 heavy (non-hydrogen) atoms. The van der Waals surface area contributed by atoms with E-state index >= 15 is 0 Å². The van der Waals surface area contributed by atoms with Crippen LogP contribution in [0.5, 0.6) is 0 Å². The smallest absolute Gasteiger partial charge is 0.224 e. The first-order valence-corrected chi connectivity index (χ1v) is 7.06. The summed E-state index contributed by atoms with van der Waals surface area (Å²) in [4.78, 5) is 11.3. The molecule has 3 nitrogen and oxygen atoms in total. The first kappa shape index (κ1) is 14.0. The first-order chi connectivity index (χ1) is 10.1. The van der Waals surface area contributed by atoms with E-state index in [-0.39, 0.29) is 10.9 Å². The molecule has 0 aliphatic carbocycles. The fourth-order valence-corrected chi connectivity index (χ4v) is 2.72. The van der Waals surface area contributed by atoms with Gasteiger partial charge in [-0.15, -0.1) is 0 Å². The Morgan fingerprint density at radius 1 is 1.24 bits per heavy atom. The third-order valence-corrected chi connectivity index (χ3v) is 3.99. The Labute approximate surface area is 126 Å². The predicted molar refractivity (Wildman–Crippen MR) is 80.8 cm³/mol. The molecule has 2 aromatic rings. The minimum Gasteiger partial charge on any atom is -0.326 e. The number of hydrogen-bond donors (Lipinski definition) is 2. The van der Waals surface area contributed by atoms with Gasteiger partial charge >= 0.3 is 0 Å². The lowest BCUT2D eigenvalue weighted by Crippen LogP contribution is -2.20. The predicted octanol–water partition coefficient (Wildman–Crippen LogP) is 3.41. The number of anilines is 1. The summed E-state index contributed by atoms with van der Waals surface area (Å²) in [6.07, 6.45) is 1.12. The molecule has 0 fully saturated rings. The van der Waals surface area contributed by atoms with Crippen molar-refractivity contribution >= 4 is 23.2 Å². The zero-order valence-electron chi connectivity index (χ0n) is 11.2. The molecule has 0 aromatic heterocycles. The van der Waals surface area contributed by atoms with Crippen LogP contribution in [0, 0.1) is 5.82 Å². The molecular formula is C16H14ClFN2O. The highest BCUT2D eigenvalue weighted by atomic mass is 35.5. The van der Waals surface area contributed by atoms with Crippen LogP contribution in [0.4, 0.5) is 10.1 Å². The zero-order chi connectivity index (χ0) is 15.0. The summed E-state index contributed by atoms with van der Waals surface area (Å²) in [5.74, 6) is -0.474. The molecule has 0 saturated heterocycles. The number of benzene rings is 2. The molecule has 0 bridgehead atoms. The van der Waals surface area contributed by atoms with E-state index in [1.54, 1.807) is 18.2 Å². The summed E-state index contributed by atoms with van der Waals surface area (Å²) < 4.78 is 14.1. The van der Waals surface area contributed by atoms with Crippen LogP contribution in [-0.4, -0.2) is 5.91 Å². The van der Waals surface area contributed by atoms with E-state index in [2.05, 4.69) is 5.32 Å². The Hall–Kier alpha value is -1.91. The summed E-state index contributed by atoms with van der Waals surface area (Å²) in [6, 6.07) is 9.74. The summed E-state index contributed by atoms with van der Waals surface area (Å²) in [5, 5.41) is 2.87. The highest BCUT2D eigenvalue weighted by Gasteiger charge is 2.19. The van der Waals surface area contributed by atoms with Gasteiger partial charge in [0.25, 0.3) is 0 Å². The van der Waals surface area contributed by atoms with Gasteiger partial charge in [0.15, 0.2) is 0 Å². The third-order valence-electron chi connectivity index (χ3n) is 3.70. The lowest BCUT2D eigenvalue weighted by molar-refractivity contribution is -0.116. The number of rotatable bonds is 2. The number of fused-ring (bicyclic) bond motifs is 1. The molecule has 108 valence electrons. The van der Waals surface area contributed by atoms with Gasteiger partial charge in [0, 0.05) is 17.7 Å².